The van der Waals surface area contributed by atoms with Crippen molar-refractivity contribution in [1.82, 2.24) is 20.5 Å². The Morgan fingerprint density at radius 1 is 1.32 bits per heavy atom. The zero-order valence-electron chi connectivity index (χ0n) is 17.2. The van der Waals surface area contributed by atoms with Gasteiger partial charge in [0.2, 0.25) is 0 Å². The van der Waals surface area contributed by atoms with E-state index < -0.39 is 0 Å². The van der Waals surface area contributed by atoms with Gasteiger partial charge in [0.25, 0.3) is 0 Å². The lowest BCUT2D eigenvalue weighted by Gasteiger charge is -2.35. The third-order valence-electron chi connectivity index (χ3n) is 5.80. The van der Waals surface area contributed by atoms with Gasteiger partial charge in [-0.1, -0.05) is 18.5 Å². The van der Waals surface area contributed by atoms with Gasteiger partial charge in [-0.05, 0) is 57.3 Å². The maximum atomic E-state index is 6.29. The third kappa shape index (κ3) is 6.35. The van der Waals surface area contributed by atoms with Crippen molar-refractivity contribution >= 4 is 47.4 Å². The lowest BCUT2D eigenvalue weighted by molar-refractivity contribution is 0.147. The highest BCUT2D eigenvalue weighted by atomic mass is 127. The van der Waals surface area contributed by atoms with Crippen LogP contribution in [0.5, 0.6) is 0 Å². The first-order valence-corrected chi connectivity index (χ1v) is 10.5. The molecule has 2 fully saturated rings. The van der Waals surface area contributed by atoms with Gasteiger partial charge in [-0.15, -0.1) is 24.0 Å². The van der Waals surface area contributed by atoms with Gasteiger partial charge in [-0.25, -0.2) is 4.98 Å². The number of aromatic nitrogens is 1. The van der Waals surface area contributed by atoms with Gasteiger partial charge in [-0.2, -0.15) is 0 Å². The number of piperidine rings is 1. The summed E-state index contributed by atoms with van der Waals surface area (Å²) >= 11 is 6.29. The Morgan fingerprint density at radius 2 is 2.07 bits per heavy atom. The molecule has 0 aromatic carbocycles. The minimum Gasteiger partial charge on any atom is -0.355 e. The Kier molecular flexibility index (Phi) is 9.56. The van der Waals surface area contributed by atoms with Crippen LogP contribution in [0.15, 0.2) is 23.3 Å². The molecule has 0 bridgehead atoms. The monoisotopic (exact) mass is 520 g/mol. The van der Waals surface area contributed by atoms with Gasteiger partial charge in [0.15, 0.2) is 5.96 Å². The number of likely N-dealkylation sites (tertiary alicyclic amines) is 1. The van der Waals surface area contributed by atoms with E-state index in [0.29, 0.717) is 17.1 Å². The fraction of sp³-hybridized carbons (Fsp3) is 0.700. The van der Waals surface area contributed by atoms with Crippen molar-refractivity contribution in [2.75, 3.05) is 44.7 Å². The summed E-state index contributed by atoms with van der Waals surface area (Å²) in [5.41, 5.74) is 0. The van der Waals surface area contributed by atoms with Gasteiger partial charge >= 0.3 is 0 Å². The Bertz CT molecular complexity index is 635. The molecule has 1 aromatic rings. The molecule has 3 heterocycles. The number of nitrogens with zero attached hydrogens (tertiary/aromatic N) is 4. The summed E-state index contributed by atoms with van der Waals surface area (Å²) in [6, 6.07) is 4.63. The Balaban J connectivity index is 0.00000280. The number of hydrogen-bond donors (Lipinski definition) is 2. The molecule has 2 aliphatic heterocycles. The van der Waals surface area contributed by atoms with Crippen molar-refractivity contribution in [3.63, 3.8) is 0 Å². The molecule has 2 atom stereocenters. The van der Waals surface area contributed by atoms with Crippen molar-refractivity contribution in [2.24, 2.45) is 10.9 Å². The Hall–Kier alpha value is -0.800. The molecule has 1 aromatic heterocycles. The number of pyridine rings is 1. The fourth-order valence-corrected chi connectivity index (χ4v) is 4.15. The minimum absolute atomic E-state index is 0. The summed E-state index contributed by atoms with van der Waals surface area (Å²) in [6.07, 6.45) is 5.47. The zero-order chi connectivity index (χ0) is 19.2. The van der Waals surface area contributed by atoms with Crippen molar-refractivity contribution in [3.8, 4) is 0 Å². The number of rotatable bonds is 5. The SMILES string of the molecule is CN=C(NCC(C)N1CCC(C)CC1)NC1CCN(c2ncccc2Cl)C1.I. The topological polar surface area (TPSA) is 55.8 Å². The second kappa shape index (κ2) is 11.4. The second-order valence-corrected chi connectivity index (χ2v) is 8.31. The largest absolute Gasteiger partial charge is 0.355 e. The van der Waals surface area contributed by atoms with Gasteiger partial charge in [0.05, 0.1) is 5.02 Å². The minimum atomic E-state index is 0. The first-order valence-electron chi connectivity index (χ1n) is 10.1. The van der Waals surface area contributed by atoms with E-state index in [1.165, 1.54) is 25.9 Å². The molecule has 158 valence electrons. The highest BCUT2D eigenvalue weighted by Crippen LogP contribution is 2.25. The summed E-state index contributed by atoms with van der Waals surface area (Å²) in [5, 5.41) is 7.78. The van der Waals surface area contributed by atoms with E-state index in [0.717, 1.165) is 43.8 Å². The molecule has 6 nitrogen and oxygen atoms in total. The first kappa shape index (κ1) is 23.5. The molecule has 0 amide bonds. The molecule has 0 radical (unpaired) electrons. The summed E-state index contributed by atoms with van der Waals surface area (Å²) in [7, 11) is 1.84. The van der Waals surface area contributed by atoms with Crippen LogP contribution in [-0.2, 0) is 0 Å². The maximum Gasteiger partial charge on any atom is 0.191 e. The lowest BCUT2D eigenvalue weighted by atomic mass is 9.98. The standard InChI is InChI=1S/C20H33ClN6.HI/c1-15-6-10-26(11-7-15)16(2)13-24-20(22-3)25-17-8-12-27(14-17)19-18(21)5-4-9-23-19;/h4-5,9,15-17H,6-8,10-14H2,1-3H3,(H2,22,24,25);1H. The first-order chi connectivity index (χ1) is 13.1. The molecule has 3 rings (SSSR count). The van der Waals surface area contributed by atoms with Crippen molar-refractivity contribution in [1.29, 1.82) is 0 Å². The van der Waals surface area contributed by atoms with E-state index in [1.807, 2.05) is 19.2 Å². The van der Waals surface area contributed by atoms with Crippen molar-refractivity contribution in [2.45, 2.75) is 45.2 Å². The average molecular weight is 521 g/mol. The molecule has 8 heteroatoms. The predicted molar refractivity (Wildman–Crippen MR) is 129 cm³/mol. The van der Waals surface area contributed by atoms with Crippen LogP contribution in [0.3, 0.4) is 0 Å². The molecule has 2 N–H and O–H groups in total. The normalized spacial score (nSPS) is 22.6. The summed E-state index contributed by atoms with van der Waals surface area (Å²) in [5.74, 6) is 2.62. The third-order valence-corrected chi connectivity index (χ3v) is 6.09. The van der Waals surface area contributed by atoms with Crippen LogP contribution in [0.25, 0.3) is 0 Å². The van der Waals surface area contributed by atoms with Crippen LogP contribution in [0.1, 0.15) is 33.1 Å². The van der Waals surface area contributed by atoms with Crippen LogP contribution >= 0.6 is 35.6 Å². The number of halogens is 2. The van der Waals surface area contributed by atoms with E-state index in [9.17, 15) is 0 Å². The van der Waals surface area contributed by atoms with Crippen LogP contribution in [0, 0.1) is 5.92 Å². The van der Waals surface area contributed by atoms with Gasteiger partial charge in [0, 0.05) is 45.0 Å². The molecule has 28 heavy (non-hydrogen) atoms. The van der Waals surface area contributed by atoms with Gasteiger partial charge in [0.1, 0.15) is 5.82 Å². The lowest BCUT2D eigenvalue weighted by Crippen LogP contribution is -2.50. The van der Waals surface area contributed by atoms with E-state index in [2.05, 4.69) is 44.3 Å². The quantitative estimate of drug-likeness (QED) is 0.355. The fourth-order valence-electron chi connectivity index (χ4n) is 3.91. The number of nitrogens with one attached hydrogen (secondary N) is 2. The molecular weight excluding hydrogens is 487 g/mol. The molecule has 2 saturated heterocycles. The Morgan fingerprint density at radius 3 is 2.75 bits per heavy atom. The average Bonchev–Trinajstić information content (AvgIpc) is 3.14. The van der Waals surface area contributed by atoms with Crippen molar-refractivity contribution < 1.29 is 0 Å². The van der Waals surface area contributed by atoms with Crippen LogP contribution < -0.4 is 15.5 Å². The zero-order valence-corrected chi connectivity index (χ0v) is 20.3. The molecule has 2 unspecified atom stereocenters. The number of anilines is 1. The van der Waals surface area contributed by atoms with Gasteiger partial charge in [-0.3, -0.25) is 9.89 Å². The number of hydrogen-bond acceptors (Lipinski definition) is 4. The summed E-state index contributed by atoms with van der Waals surface area (Å²) < 4.78 is 0. The summed E-state index contributed by atoms with van der Waals surface area (Å²) in [4.78, 5) is 13.7. The van der Waals surface area contributed by atoms with E-state index >= 15 is 0 Å². The molecule has 0 aliphatic carbocycles. The van der Waals surface area contributed by atoms with Crippen LogP contribution in [-0.4, -0.2) is 67.7 Å². The smallest absolute Gasteiger partial charge is 0.191 e. The number of aliphatic imine (C=N–C) groups is 1. The molecule has 2 aliphatic rings. The van der Waals surface area contributed by atoms with Crippen LogP contribution in [0.4, 0.5) is 5.82 Å². The Labute approximate surface area is 191 Å². The molecular formula is C20H34ClIN6. The van der Waals surface area contributed by atoms with E-state index in [4.69, 9.17) is 11.6 Å². The highest BCUT2D eigenvalue weighted by molar-refractivity contribution is 14.0. The summed E-state index contributed by atoms with van der Waals surface area (Å²) in [6.45, 7) is 9.82. The van der Waals surface area contributed by atoms with E-state index in [-0.39, 0.29) is 24.0 Å². The predicted octanol–water partition coefficient (Wildman–Crippen LogP) is 3.22. The van der Waals surface area contributed by atoms with E-state index in [1.54, 1.807) is 6.20 Å². The maximum absolute atomic E-state index is 6.29. The molecule has 0 saturated carbocycles. The van der Waals surface area contributed by atoms with Crippen LogP contribution in [0.2, 0.25) is 5.02 Å². The second-order valence-electron chi connectivity index (χ2n) is 7.91. The number of guanidine groups is 1. The van der Waals surface area contributed by atoms with Gasteiger partial charge < -0.3 is 15.5 Å². The van der Waals surface area contributed by atoms with Crippen molar-refractivity contribution in [3.05, 3.63) is 23.4 Å². The highest BCUT2D eigenvalue weighted by Gasteiger charge is 2.26. The molecule has 0 spiro atoms.